The lowest BCUT2D eigenvalue weighted by Crippen LogP contribution is -2.30. The van der Waals surface area contributed by atoms with Crippen LogP contribution in [0.5, 0.6) is 0 Å². The first-order chi connectivity index (χ1) is 6.19. The number of hydrogen-bond donors (Lipinski definition) is 1. The van der Waals surface area contributed by atoms with Gasteiger partial charge >= 0.3 is 0 Å². The molecule has 0 aromatic carbocycles. The van der Waals surface area contributed by atoms with E-state index in [4.69, 9.17) is 11.6 Å². The Morgan fingerprint density at radius 3 is 2.54 bits per heavy atom. The summed E-state index contributed by atoms with van der Waals surface area (Å²) in [6, 6.07) is 1.64. The van der Waals surface area contributed by atoms with E-state index < -0.39 is 0 Å². The lowest BCUT2D eigenvalue weighted by atomic mass is 10.3. The second kappa shape index (κ2) is 4.33. The van der Waals surface area contributed by atoms with E-state index in [-0.39, 0.29) is 5.91 Å². The Labute approximate surface area is 82.7 Å². The Morgan fingerprint density at radius 1 is 1.54 bits per heavy atom. The van der Waals surface area contributed by atoms with Crippen LogP contribution >= 0.6 is 11.6 Å². The average Bonchev–Trinajstić information content (AvgIpc) is 2.54. The van der Waals surface area contributed by atoms with E-state index in [1.807, 2.05) is 13.8 Å². The Balaban J connectivity index is 2.78. The molecule has 0 saturated carbocycles. The summed E-state index contributed by atoms with van der Waals surface area (Å²) in [6.45, 7) is 5.33. The van der Waals surface area contributed by atoms with E-state index in [1.165, 1.54) is 0 Å². The maximum Gasteiger partial charge on any atom is 0.270 e. The van der Waals surface area contributed by atoms with Gasteiger partial charge in [0.2, 0.25) is 0 Å². The van der Waals surface area contributed by atoms with Gasteiger partial charge in [-0.25, -0.2) is 0 Å². The van der Waals surface area contributed by atoms with E-state index in [0.717, 1.165) is 0 Å². The van der Waals surface area contributed by atoms with Crippen molar-refractivity contribution in [1.29, 1.82) is 0 Å². The molecule has 72 valence electrons. The fourth-order valence-electron chi connectivity index (χ4n) is 1.17. The zero-order valence-electron chi connectivity index (χ0n) is 7.80. The molecule has 3 nitrogen and oxygen atoms in total. The third-order valence-electron chi connectivity index (χ3n) is 1.93. The van der Waals surface area contributed by atoms with E-state index >= 15 is 0 Å². The smallest absolute Gasteiger partial charge is 0.270 e. The summed E-state index contributed by atoms with van der Waals surface area (Å²) in [4.78, 5) is 16.2. The van der Waals surface area contributed by atoms with Gasteiger partial charge in [-0.05, 0) is 19.9 Å². The number of hydrogen-bond acceptors (Lipinski definition) is 1. The lowest BCUT2D eigenvalue weighted by Gasteiger charge is -2.17. The minimum absolute atomic E-state index is 0.00287. The summed E-state index contributed by atoms with van der Waals surface area (Å²) in [5.74, 6) is -0.00287. The van der Waals surface area contributed by atoms with Crippen LogP contribution in [0.15, 0.2) is 12.3 Å². The number of carbonyl (C=O) groups is 1. The highest BCUT2D eigenvalue weighted by Gasteiger charge is 2.13. The third-order valence-corrected chi connectivity index (χ3v) is 2.15. The SMILES string of the molecule is CCN(CC)C(=O)c1cc(Cl)c[nH]1. The molecule has 0 spiro atoms. The molecule has 1 rings (SSSR count). The van der Waals surface area contributed by atoms with Gasteiger partial charge in [-0.15, -0.1) is 0 Å². The van der Waals surface area contributed by atoms with Crippen LogP contribution in [0.1, 0.15) is 24.3 Å². The number of aromatic nitrogens is 1. The van der Waals surface area contributed by atoms with E-state index in [1.54, 1.807) is 17.2 Å². The van der Waals surface area contributed by atoms with Crippen molar-refractivity contribution in [1.82, 2.24) is 9.88 Å². The summed E-state index contributed by atoms with van der Waals surface area (Å²) in [6.07, 6.45) is 1.61. The normalized spacial score (nSPS) is 10.1. The minimum Gasteiger partial charge on any atom is -0.356 e. The lowest BCUT2D eigenvalue weighted by molar-refractivity contribution is 0.0768. The van der Waals surface area contributed by atoms with Crippen molar-refractivity contribution in [3.8, 4) is 0 Å². The highest BCUT2D eigenvalue weighted by molar-refractivity contribution is 6.30. The van der Waals surface area contributed by atoms with Crippen molar-refractivity contribution >= 4 is 17.5 Å². The summed E-state index contributed by atoms with van der Waals surface area (Å²) in [5.41, 5.74) is 0.550. The maximum atomic E-state index is 11.7. The van der Waals surface area contributed by atoms with Crippen molar-refractivity contribution in [2.45, 2.75) is 13.8 Å². The first-order valence-electron chi connectivity index (χ1n) is 4.32. The van der Waals surface area contributed by atoms with Gasteiger partial charge in [0.15, 0.2) is 0 Å². The van der Waals surface area contributed by atoms with E-state index in [0.29, 0.717) is 23.8 Å². The number of nitrogens with zero attached hydrogens (tertiary/aromatic N) is 1. The predicted octanol–water partition coefficient (Wildman–Crippen LogP) is 2.15. The van der Waals surface area contributed by atoms with Crippen molar-refractivity contribution in [2.24, 2.45) is 0 Å². The van der Waals surface area contributed by atoms with Crippen LogP contribution in [0, 0.1) is 0 Å². The second-order valence-corrected chi connectivity index (χ2v) is 3.15. The summed E-state index contributed by atoms with van der Waals surface area (Å²) < 4.78 is 0. The molecule has 1 amide bonds. The van der Waals surface area contributed by atoms with Crippen LogP contribution in [0.2, 0.25) is 5.02 Å². The average molecular weight is 201 g/mol. The molecule has 13 heavy (non-hydrogen) atoms. The van der Waals surface area contributed by atoms with Gasteiger partial charge in [0, 0.05) is 19.3 Å². The molecule has 1 N–H and O–H groups in total. The standard InChI is InChI=1S/C9H13ClN2O/c1-3-12(4-2)9(13)8-5-7(10)6-11-8/h5-6,11H,3-4H2,1-2H3. The largest absolute Gasteiger partial charge is 0.356 e. The Hall–Kier alpha value is -0.960. The fourth-order valence-corrected chi connectivity index (χ4v) is 1.34. The quantitative estimate of drug-likeness (QED) is 0.798. The second-order valence-electron chi connectivity index (χ2n) is 2.71. The third kappa shape index (κ3) is 2.25. The highest BCUT2D eigenvalue weighted by Crippen LogP contribution is 2.11. The van der Waals surface area contributed by atoms with E-state index in [2.05, 4.69) is 4.98 Å². The fraction of sp³-hybridized carbons (Fsp3) is 0.444. The highest BCUT2D eigenvalue weighted by atomic mass is 35.5. The van der Waals surface area contributed by atoms with Gasteiger partial charge in [0.1, 0.15) is 5.69 Å². The molecule has 0 aliphatic carbocycles. The van der Waals surface area contributed by atoms with E-state index in [9.17, 15) is 4.79 Å². The Bertz CT molecular complexity index is 292. The monoisotopic (exact) mass is 200 g/mol. The first-order valence-corrected chi connectivity index (χ1v) is 4.70. The van der Waals surface area contributed by atoms with Gasteiger partial charge in [0.05, 0.1) is 5.02 Å². The number of nitrogens with one attached hydrogen (secondary N) is 1. The number of rotatable bonds is 3. The molecule has 1 aromatic rings. The van der Waals surface area contributed by atoms with Gasteiger partial charge in [-0.2, -0.15) is 0 Å². The van der Waals surface area contributed by atoms with Gasteiger partial charge < -0.3 is 9.88 Å². The molecular formula is C9H13ClN2O. The van der Waals surface area contributed by atoms with Crippen molar-refractivity contribution < 1.29 is 4.79 Å². The molecular weight excluding hydrogens is 188 g/mol. The number of halogens is 1. The molecule has 1 aromatic heterocycles. The molecule has 0 atom stereocenters. The van der Waals surface area contributed by atoms with Crippen LogP contribution in [0.25, 0.3) is 0 Å². The van der Waals surface area contributed by atoms with Gasteiger partial charge in [-0.1, -0.05) is 11.6 Å². The Kier molecular flexibility index (Phi) is 3.37. The first kappa shape index (κ1) is 10.1. The molecule has 0 radical (unpaired) electrons. The Morgan fingerprint density at radius 2 is 2.15 bits per heavy atom. The van der Waals surface area contributed by atoms with Crippen LogP contribution in [0.3, 0.4) is 0 Å². The number of H-pyrrole nitrogens is 1. The summed E-state index contributed by atoms with van der Waals surface area (Å²) in [7, 11) is 0. The van der Waals surface area contributed by atoms with Crippen molar-refractivity contribution in [2.75, 3.05) is 13.1 Å². The molecule has 0 bridgehead atoms. The van der Waals surface area contributed by atoms with Crippen LogP contribution in [-0.2, 0) is 0 Å². The summed E-state index contributed by atoms with van der Waals surface area (Å²) >= 11 is 5.69. The number of amides is 1. The molecule has 0 aliphatic rings. The molecule has 0 fully saturated rings. The van der Waals surface area contributed by atoms with Crippen molar-refractivity contribution in [3.63, 3.8) is 0 Å². The number of aromatic amines is 1. The van der Waals surface area contributed by atoms with Crippen LogP contribution in [-0.4, -0.2) is 28.9 Å². The van der Waals surface area contributed by atoms with Gasteiger partial charge in [-0.3, -0.25) is 4.79 Å². The molecule has 0 unspecified atom stereocenters. The van der Waals surface area contributed by atoms with Crippen molar-refractivity contribution in [3.05, 3.63) is 23.0 Å². The minimum atomic E-state index is -0.00287. The van der Waals surface area contributed by atoms with Crippen LogP contribution in [0.4, 0.5) is 0 Å². The zero-order chi connectivity index (χ0) is 9.84. The molecule has 1 heterocycles. The van der Waals surface area contributed by atoms with Gasteiger partial charge in [0.25, 0.3) is 5.91 Å². The number of carbonyl (C=O) groups excluding carboxylic acids is 1. The summed E-state index contributed by atoms with van der Waals surface area (Å²) in [5, 5.41) is 0.565. The molecule has 0 saturated heterocycles. The maximum absolute atomic E-state index is 11.7. The molecule has 0 aliphatic heterocycles. The zero-order valence-corrected chi connectivity index (χ0v) is 8.56. The topological polar surface area (TPSA) is 36.1 Å². The predicted molar refractivity (Wildman–Crippen MR) is 53.1 cm³/mol. The van der Waals surface area contributed by atoms with Crippen LogP contribution < -0.4 is 0 Å². The molecule has 4 heteroatoms.